The standard InChI is InChI=1S/C14H25N3O/c1-16-8-6-13(14(16)18)17-9-4-11(5-10-17)12-3-2-7-15-12/h11-13,15H,2-10H2,1H3. The second-order valence-electron chi connectivity index (χ2n) is 6.14. The number of piperidine rings is 1. The lowest BCUT2D eigenvalue weighted by Gasteiger charge is -2.37. The molecule has 0 radical (unpaired) electrons. The van der Waals surface area contributed by atoms with Crippen molar-refractivity contribution in [2.24, 2.45) is 5.92 Å². The Balaban J connectivity index is 1.52. The molecule has 0 aromatic rings. The Kier molecular flexibility index (Phi) is 3.57. The highest BCUT2D eigenvalue weighted by atomic mass is 16.2. The van der Waals surface area contributed by atoms with Crippen molar-refractivity contribution in [3.63, 3.8) is 0 Å². The van der Waals surface area contributed by atoms with Crippen LogP contribution in [0.1, 0.15) is 32.1 Å². The largest absolute Gasteiger partial charge is 0.344 e. The van der Waals surface area contributed by atoms with Crippen molar-refractivity contribution >= 4 is 5.91 Å². The Labute approximate surface area is 110 Å². The summed E-state index contributed by atoms with van der Waals surface area (Å²) in [5.41, 5.74) is 0. The molecule has 0 aliphatic carbocycles. The molecule has 3 fully saturated rings. The van der Waals surface area contributed by atoms with Gasteiger partial charge in [-0.2, -0.15) is 0 Å². The first-order valence-corrected chi connectivity index (χ1v) is 7.48. The molecule has 2 atom stereocenters. The minimum atomic E-state index is 0.187. The van der Waals surface area contributed by atoms with Crippen LogP contribution in [-0.2, 0) is 4.79 Å². The first-order valence-electron chi connectivity index (χ1n) is 7.48. The smallest absolute Gasteiger partial charge is 0.239 e. The quantitative estimate of drug-likeness (QED) is 0.784. The number of nitrogens with one attached hydrogen (secondary N) is 1. The lowest BCUT2D eigenvalue weighted by Crippen LogP contribution is -2.47. The molecule has 4 heteroatoms. The van der Waals surface area contributed by atoms with E-state index in [0.29, 0.717) is 5.91 Å². The van der Waals surface area contributed by atoms with Crippen LogP contribution in [0.25, 0.3) is 0 Å². The Morgan fingerprint density at radius 3 is 2.44 bits per heavy atom. The molecule has 0 saturated carbocycles. The van der Waals surface area contributed by atoms with Gasteiger partial charge in [0.05, 0.1) is 6.04 Å². The molecule has 4 nitrogen and oxygen atoms in total. The van der Waals surface area contributed by atoms with E-state index in [1.54, 1.807) is 0 Å². The number of likely N-dealkylation sites (N-methyl/N-ethyl adjacent to an activating group) is 1. The van der Waals surface area contributed by atoms with E-state index in [9.17, 15) is 4.79 Å². The number of hydrogen-bond donors (Lipinski definition) is 1. The predicted molar refractivity (Wildman–Crippen MR) is 71.4 cm³/mol. The zero-order valence-corrected chi connectivity index (χ0v) is 11.4. The van der Waals surface area contributed by atoms with Crippen molar-refractivity contribution in [3.8, 4) is 0 Å². The fraction of sp³-hybridized carbons (Fsp3) is 0.929. The van der Waals surface area contributed by atoms with Gasteiger partial charge in [-0.15, -0.1) is 0 Å². The molecule has 0 aromatic carbocycles. The summed E-state index contributed by atoms with van der Waals surface area (Å²) in [6.07, 6.45) is 6.27. The van der Waals surface area contributed by atoms with Crippen LogP contribution in [0.15, 0.2) is 0 Å². The number of carbonyl (C=O) groups is 1. The van der Waals surface area contributed by atoms with Gasteiger partial charge in [0.25, 0.3) is 0 Å². The summed E-state index contributed by atoms with van der Waals surface area (Å²) in [4.78, 5) is 16.3. The molecule has 3 heterocycles. The van der Waals surface area contributed by atoms with Gasteiger partial charge in [0.2, 0.25) is 5.91 Å². The summed E-state index contributed by atoms with van der Waals surface area (Å²) in [5, 5.41) is 3.63. The maximum atomic E-state index is 12.0. The molecule has 18 heavy (non-hydrogen) atoms. The molecule has 1 N–H and O–H groups in total. The van der Waals surface area contributed by atoms with Crippen LogP contribution in [0.2, 0.25) is 0 Å². The van der Waals surface area contributed by atoms with Crippen LogP contribution >= 0.6 is 0 Å². The fourth-order valence-electron chi connectivity index (χ4n) is 3.89. The van der Waals surface area contributed by atoms with Crippen LogP contribution in [0.5, 0.6) is 0 Å². The molecule has 0 aromatic heterocycles. The van der Waals surface area contributed by atoms with E-state index in [2.05, 4.69) is 10.2 Å². The Bertz CT molecular complexity index is 306. The van der Waals surface area contributed by atoms with Gasteiger partial charge >= 0.3 is 0 Å². The molecule has 1 amide bonds. The molecule has 3 saturated heterocycles. The minimum Gasteiger partial charge on any atom is -0.344 e. The second kappa shape index (κ2) is 5.17. The van der Waals surface area contributed by atoms with E-state index in [1.807, 2.05) is 11.9 Å². The van der Waals surface area contributed by atoms with Gasteiger partial charge < -0.3 is 10.2 Å². The van der Waals surface area contributed by atoms with Gasteiger partial charge in [-0.05, 0) is 57.7 Å². The van der Waals surface area contributed by atoms with Crippen molar-refractivity contribution in [1.82, 2.24) is 15.1 Å². The molecular weight excluding hydrogens is 226 g/mol. The molecular formula is C14H25N3O. The highest BCUT2D eigenvalue weighted by molar-refractivity contribution is 5.83. The maximum absolute atomic E-state index is 12.0. The zero-order valence-electron chi connectivity index (χ0n) is 11.4. The Hall–Kier alpha value is -0.610. The zero-order chi connectivity index (χ0) is 12.5. The number of hydrogen-bond acceptors (Lipinski definition) is 3. The normalized spacial score (nSPS) is 35.6. The van der Waals surface area contributed by atoms with Gasteiger partial charge in [-0.3, -0.25) is 9.69 Å². The van der Waals surface area contributed by atoms with E-state index in [1.165, 1.54) is 32.2 Å². The van der Waals surface area contributed by atoms with Gasteiger partial charge in [0.15, 0.2) is 0 Å². The monoisotopic (exact) mass is 251 g/mol. The third-order valence-electron chi connectivity index (χ3n) is 5.08. The number of likely N-dealkylation sites (tertiary alicyclic amines) is 2. The van der Waals surface area contributed by atoms with E-state index < -0.39 is 0 Å². The van der Waals surface area contributed by atoms with Crippen molar-refractivity contribution in [3.05, 3.63) is 0 Å². The van der Waals surface area contributed by atoms with Crippen molar-refractivity contribution < 1.29 is 4.79 Å². The maximum Gasteiger partial charge on any atom is 0.239 e. The van der Waals surface area contributed by atoms with E-state index in [4.69, 9.17) is 0 Å². The third kappa shape index (κ3) is 2.28. The highest BCUT2D eigenvalue weighted by Crippen LogP contribution is 2.28. The number of carbonyl (C=O) groups excluding carboxylic acids is 1. The second-order valence-corrected chi connectivity index (χ2v) is 6.14. The summed E-state index contributed by atoms with van der Waals surface area (Å²) in [6.45, 7) is 4.38. The van der Waals surface area contributed by atoms with Gasteiger partial charge in [0.1, 0.15) is 0 Å². The highest BCUT2D eigenvalue weighted by Gasteiger charge is 2.37. The van der Waals surface area contributed by atoms with Gasteiger partial charge in [-0.1, -0.05) is 0 Å². The summed E-state index contributed by atoms with van der Waals surface area (Å²) in [6, 6.07) is 0.946. The van der Waals surface area contributed by atoms with E-state index in [-0.39, 0.29) is 6.04 Å². The average Bonchev–Trinajstić information content (AvgIpc) is 3.02. The minimum absolute atomic E-state index is 0.187. The van der Waals surface area contributed by atoms with Crippen molar-refractivity contribution in [2.45, 2.75) is 44.2 Å². The number of nitrogens with zero attached hydrogens (tertiary/aromatic N) is 2. The fourth-order valence-corrected chi connectivity index (χ4v) is 3.89. The van der Waals surface area contributed by atoms with Gasteiger partial charge in [0, 0.05) is 19.6 Å². The van der Waals surface area contributed by atoms with Crippen LogP contribution < -0.4 is 5.32 Å². The number of amides is 1. The Morgan fingerprint density at radius 2 is 1.89 bits per heavy atom. The molecule has 2 unspecified atom stereocenters. The first kappa shape index (κ1) is 12.4. The third-order valence-corrected chi connectivity index (χ3v) is 5.08. The number of rotatable bonds is 2. The average molecular weight is 251 g/mol. The van der Waals surface area contributed by atoms with Crippen molar-refractivity contribution in [1.29, 1.82) is 0 Å². The Morgan fingerprint density at radius 1 is 1.11 bits per heavy atom. The molecule has 0 spiro atoms. The summed E-state index contributed by atoms with van der Waals surface area (Å²) < 4.78 is 0. The molecule has 0 bridgehead atoms. The molecule has 102 valence electrons. The predicted octanol–water partition coefficient (Wildman–Crippen LogP) is 0.681. The molecule has 3 rings (SSSR count). The van der Waals surface area contributed by atoms with Crippen molar-refractivity contribution in [2.75, 3.05) is 33.2 Å². The lowest BCUT2D eigenvalue weighted by atomic mass is 9.88. The first-order chi connectivity index (χ1) is 8.75. The summed E-state index contributed by atoms with van der Waals surface area (Å²) >= 11 is 0. The molecule has 3 aliphatic heterocycles. The topological polar surface area (TPSA) is 35.6 Å². The van der Waals surface area contributed by atoms with Crippen LogP contribution in [0.4, 0.5) is 0 Å². The van der Waals surface area contributed by atoms with Gasteiger partial charge in [-0.25, -0.2) is 0 Å². The lowest BCUT2D eigenvalue weighted by molar-refractivity contribution is -0.131. The van der Waals surface area contributed by atoms with E-state index in [0.717, 1.165) is 38.0 Å². The summed E-state index contributed by atoms with van der Waals surface area (Å²) in [5.74, 6) is 1.19. The van der Waals surface area contributed by atoms with Crippen LogP contribution in [0.3, 0.4) is 0 Å². The van der Waals surface area contributed by atoms with E-state index >= 15 is 0 Å². The SMILES string of the molecule is CN1CCC(N2CCC(C3CCCN3)CC2)C1=O. The van der Waals surface area contributed by atoms with Crippen LogP contribution in [0, 0.1) is 5.92 Å². The summed E-state index contributed by atoms with van der Waals surface area (Å²) in [7, 11) is 1.93. The van der Waals surface area contributed by atoms with Crippen LogP contribution in [-0.4, -0.2) is 61.0 Å². The molecule has 3 aliphatic rings.